The van der Waals surface area contributed by atoms with Gasteiger partial charge in [-0.15, -0.1) is 0 Å². The van der Waals surface area contributed by atoms with Crippen molar-refractivity contribution in [2.45, 2.75) is 0 Å². The number of amides is 1. The van der Waals surface area contributed by atoms with Crippen LogP contribution in [0.4, 0.5) is 0 Å². The Morgan fingerprint density at radius 2 is 1.73 bits per heavy atom. The highest BCUT2D eigenvalue weighted by molar-refractivity contribution is 5.93. The minimum absolute atomic E-state index is 0.0548. The van der Waals surface area contributed by atoms with Gasteiger partial charge in [0, 0.05) is 30.8 Å². The zero-order chi connectivity index (χ0) is 23.4. The van der Waals surface area contributed by atoms with Gasteiger partial charge in [0.05, 0.1) is 58.2 Å². The Morgan fingerprint density at radius 1 is 1.00 bits per heavy atom. The van der Waals surface area contributed by atoms with E-state index in [1.54, 1.807) is 51.6 Å². The summed E-state index contributed by atoms with van der Waals surface area (Å²) in [5, 5.41) is 0. The van der Waals surface area contributed by atoms with Crippen molar-refractivity contribution < 1.29 is 28.5 Å². The van der Waals surface area contributed by atoms with E-state index in [-0.39, 0.29) is 5.91 Å². The smallest absolute Gasteiger partial charge is 0.246 e. The van der Waals surface area contributed by atoms with Crippen molar-refractivity contribution in [3.05, 3.63) is 35.9 Å². The van der Waals surface area contributed by atoms with Crippen LogP contribution in [0.1, 0.15) is 5.56 Å². The molecule has 1 fully saturated rings. The van der Waals surface area contributed by atoms with E-state index in [1.165, 1.54) is 0 Å². The summed E-state index contributed by atoms with van der Waals surface area (Å²) < 4.78 is 27.3. The summed E-state index contributed by atoms with van der Waals surface area (Å²) in [6.07, 6.45) is 3.32. The molecule has 33 heavy (non-hydrogen) atoms. The van der Waals surface area contributed by atoms with Gasteiger partial charge >= 0.3 is 0 Å². The molecular formula is C24H27N3O6. The lowest BCUT2D eigenvalue weighted by Gasteiger charge is -2.25. The first-order valence-corrected chi connectivity index (χ1v) is 10.5. The fourth-order valence-corrected chi connectivity index (χ4v) is 3.83. The number of aromatic nitrogens is 2. The molecule has 1 aliphatic rings. The maximum Gasteiger partial charge on any atom is 0.246 e. The minimum Gasteiger partial charge on any atom is -0.496 e. The highest BCUT2D eigenvalue weighted by Gasteiger charge is 2.20. The van der Waals surface area contributed by atoms with Crippen LogP contribution in [0.15, 0.2) is 30.3 Å². The third-order valence-corrected chi connectivity index (χ3v) is 5.52. The first kappa shape index (κ1) is 22.5. The minimum atomic E-state index is -0.0548. The molecule has 1 aliphatic heterocycles. The van der Waals surface area contributed by atoms with Crippen molar-refractivity contribution >= 4 is 23.0 Å². The lowest BCUT2D eigenvalue weighted by molar-refractivity contribution is -0.129. The maximum absolute atomic E-state index is 12.5. The number of hydrogen-bond acceptors (Lipinski definition) is 7. The molecule has 4 rings (SSSR count). The van der Waals surface area contributed by atoms with E-state index in [9.17, 15) is 4.79 Å². The largest absolute Gasteiger partial charge is 0.496 e. The van der Waals surface area contributed by atoms with Crippen LogP contribution in [-0.4, -0.2) is 75.5 Å². The number of nitrogens with one attached hydrogen (secondary N) is 1. The van der Waals surface area contributed by atoms with Crippen LogP contribution >= 0.6 is 0 Å². The number of nitrogens with zero attached hydrogens (tertiary/aromatic N) is 2. The van der Waals surface area contributed by atoms with Gasteiger partial charge in [0.25, 0.3) is 0 Å². The van der Waals surface area contributed by atoms with Gasteiger partial charge in [0.1, 0.15) is 11.6 Å². The first-order valence-electron chi connectivity index (χ1n) is 10.5. The molecule has 1 aromatic heterocycles. The molecule has 0 radical (unpaired) electrons. The summed E-state index contributed by atoms with van der Waals surface area (Å²) in [5.41, 5.74) is 3.00. The van der Waals surface area contributed by atoms with Crippen LogP contribution < -0.4 is 18.9 Å². The number of hydrogen-bond donors (Lipinski definition) is 1. The number of H-pyrrole nitrogens is 1. The van der Waals surface area contributed by atoms with Crippen LogP contribution in [0.2, 0.25) is 0 Å². The van der Waals surface area contributed by atoms with Crippen LogP contribution in [-0.2, 0) is 9.53 Å². The summed E-state index contributed by atoms with van der Waals surface area (Å²) in [4.78, 5) is 22.3. The predicted molar refractivity (Wildman–Crippen MR) is 124 cm³/mol. The zero-order valence-electron chi connectivity index (χ0n) is 19.1. The molecule has 1 saturated heterocycles. The molecule has 1 N–H and O–H groups in total. The lowest BCUT2D eigenvalue weighted by atomic mass is 10.1. The summed E-state index contributed by atoms with van der Waals surface area (Å²) >= 11 is 0. The number of methoxy groups -OCH3 is 4. The number of ether oxygens (including phenoxy) is 5. The second-order valence-corrected chi connectivity index (χ2v) is 7.35. The van der Waals surface area contributed by atoms with Gasteiger partial charge in [-0.3, -0.25) is 4.79 Å². The molecule has 0 saturated carbocycles. The van der Waals surface area contributed by atoms with Crippen molar-refractivity contribution in [1.82, 2.24) is 14.9 Å². The SMILES string of the molecule is COc1cc2nc(-c3ccc(OC)c(OC)c3OC)[nH]c2cc1/C=C/C(=O)N1CCOCC1. The Kier molecular flexibility index (Phi) is 6.69. The number of carbonyl (C=O) groups is 1. The summed E-state index contributed by atoms with van der Waals surface area (Å²) in [5.74, 6) is 2.73. The number of benzene rings is 2. The van der Waals surface area contributed by atoms with E-state index < -0.39 is 0 Å². The van der Waals surface area contributed by atoms with Gasteiger partial charge in [-0.1, -0.05) is 0 Å². The van der Waals surface area contributed by atoms with Crippen molar-refractivity contribution in [2.24, 2.45) is 0 Å². The van der Waals surface area contributed by atoms with E-state index in [1.807, 2.05) is 18.2 Å². The summed E-state index contributed by atoms with van der Waals surface area (Å²) in [6.45, 7) is 2.31. The third kappa shape index (κ3) is 4.45. The van der Waals surface area contributed by atoms with Gasteiger partial charge in [-0.2, -0.15) is 0 Å². The summed E-state index contributed by atoms with van der Waals surface area (Å²) in [6, 6.07) is 7.40. The molecule has 0 unspecified atom stereocenters. The molecule has 2 heterocycles. The fourth-order valence-electron chi connectivity index (χ4n) is 3.83. The normalized spacial score (nSPS) is 14.0. The highest BCUT2D eigenvalue weighted by Crippen LogP contribution is 2.44. The van der Waals surface area contributed by atoms with Crippen molar-refractivity contribution in [3.63, 3.8) is 0 Å². The molecule has 1 amide bonds. The predicted octanol–water partition coefficient (Wildman–Crippen LogP) is 3.14. The number of aromatic amines is 1. The molecule has 9 nitrogen and oxygen atoms in total. The Labute approximate surface area is 191 Å². The molecule has 0 aliphatic carbocycles. The molecule has 0 bridgehead atoms. The monoisotopic (exact) mass is 453 g/mol. The molecule has 0 atom stereocenters. The number of carbonyl (C=O) groups excluding carboxylic acids is 1. The van der Waals surface area contributed by atoms with Gasteiger partial charge in [-0.05, 0) is 24.3 Å². The second-order valence-electron chi connectivity index (χ2n) is 7.35. The first-order chi connectivity index (χ1) is 16.1. The van der Waals surface area contributed by atoms with E-state index >= 15 is 0 Å². The number of morpholine rings is 1. The molecule has 9 heteroatoms. The average molecular weight is 453 g/mol. The van der Waals surface area contributed by atoms with E-state index in [0.717, 1.165) is 22.2 Å². The third-order valence-electron chi connectivity index (χ3n) is 5.52. The molecule has 174 valence electrons. The highest BCUT2D eigenvalue weighted by atomic mass is 16.5. The van der Waals surface area contributed by atoms with Gasteiger partial charge in [0.2, 0.25) is 11.7 Å². The van der Waals surface area contributed by atoms with E-state index in [4.69, 9.17) is 28.7 Å². The van der Waals surface area contributed by atoms with Crippen LogP contribution in [0.5, 0.6) is 23.0 Å². The second kappa shape index (κ2) is 9.83. The lowest BCUT2D eigenvalue weighted by Crippen LogP contribution is -2.39. The van der Waals surface area contributed by atoms with Crippen LogP contribution in [0.25, 0.3) is 28.5 Å². The topological polar surface area (TPSA) is 95.1 Å². The molecule has 2 aromatic carbocycles. The molecule has 3 aromatic rings. The van der Waals surface area contributed by atoms with Crippen molar-refractivity contribution in [2.75, 3.05) is 54.7 Å². The summed E-state index contributed by atoms with van der Waals surface area (Å²) in [7, 11) is 6.29. The molecular weight excluding hydrogens is 426 g/mol. The molecule has 0 spiro atoms. The Morgan fingerprint density at radius 3 is 2.39 bits per heavy atom. The van der Waals surface area contributed by atoms with Gasteiger partial charge in [0.15, 0.2) is 11.5 Å². The number of fused-ring (bicyclic) bond motifs is 1. The van der Waals surface area contributed by atoms with Crippen LogP contribution in [0.3, 0.4) is 0 Å². The quantitative estimate of drug-likeness (QED) is 0.549. The Balaban J connectivity index is 1.70. The average Bonchev–Trinajstić information content (AvgIpc) is 3.28. The maximum atomic E-state index is 12.5. The van der Waals surface area contributed by atoms with Crippen LogP contribution in [0, 0.1) is 0 Å². The van der Waals surface area contributed by atoms with E-state index in [2.05, 4.69) is 4.98 Å². The van der Waals surface area contributed by atoms with Crippen molar-refractivity contribution in [1.29, 1.82) is 0 Å². The van der Waals surface area contributed by atoms with Gasteiger partial charge in [-0.25, -0.2) is 4.98 Å². The number of imidazole rings is 1. The fraction of sp³-hybridized carbons (Fsp3) is 0.333. The van der Waals surface area contributed by atoms with Gasteiger partial charge < -0.3 is 33.6 Å². The number of rotatable bonds is 7. The zero-order valence-corrected chi connectivity index (χ0v) is 19.1. The standard InChI is InChI=1S/C24H27N3O6/c1-29-19-7-6-16(22(31-3)23(19)32-4)24-25-17-13-15(20(30-2)14-18(17)26-24)5-8-21(28)27-9-11-33-12-10-27/h5-8,13-14H,9-12H2,1-4H3,(H,25,26)/b8-5+. The Hall–Kier alpha value is -3.72. The van der Waals surface area contributed by atoms with E-state index in [0.29, 0.717) is 55.1 Å². The van der Waals surface area contributed by atoms with Crippen molar-refractivity contribution in [3.8, 4) is 34.4 Å². The Bertz CT molecular complexity index is 1180.